The first-order valence-corrected chi connectivity index (χ1v) is 5.29. The standard InChI is InChI=1S/C13H13NO3/c1-17-12(13(15)16)7-9-3-2-4-10-8-14-6-5-11(9)10/h2-6,8,12H,7H2,1H3,(H,15,16). The largest absolute Gasteiger partial charge is 0.479 e. The number of carboxylic acid groups (broad SMARTS) is 1. The van der Waals surface area contributed by atoms with Gasteiger partial charge in [-0.15, -0.1) is 0 Å². The van der Waals surface area contributed by atoms with E-state index < -0.39 is 12.1 Å². The van der Waals surface area contributed by atoms with Crippen molar-refractivity contribution in [3.8, 4) is 0 Å². The predicted molar refractivity (Wildman–Crippen MR) is 63.9 cm³/mol. The number of fused-ring (bicyclic) bond motifs is 1. The van der Waals surface area contributed by atoms with Crippen LogP contribution in [-0.4, -0.2) is 29.3 Å². The maximum Gasteiger partial charge on any atom is 0.333 e. The summed E-state index contributed by atoms with van der Waals surface area (Å²) in [5.41, 5.74) is 0.958. The number of aliphatic carboxylic acids is 1. The van der Waals surface area contributed by atoms with Crippen molar-refractivity contribution in [3.05, 3.63) is 42.2 Å². The highest BCUT2D eigenvalue weighted by Crippen LogP contribution is 2.19. The van der Waals surface area contributed by atoms with Gasteiger partial charge in [-0.25, -0.2) is 4.79 Å². The first-order valence-electron chi connectivity index (χ1n) is 5.29. The molecule has 1 unspecified atom stereocenters. The van der Waals surface area contributed by atoms with Crippen LogP contribution in [0.4, 0.5) is 0 Å². The number of methoxy groups -OCH3 is 1. The Morgan fingerprint density at radius 2 is 2.29 bits per heavy atom. The molecule has 0 bridgehead atoms. The molecule has 0 aliphatic rings. The minimum Gasteiger partial charge on any atom is -0.479 e. The SMILES string of the molecule is COC(Cc1cccc2cnccc12)C(=O)O. The van der Waals surface area contributed by atoms with Gasteiger partial charge in [0.15, 0.2) is 6.10 Å². The van der Waals surface area contributed by atoms with Crippen molar-refractivity contribution >= 4 is 16.7 Å². The molecule has 1 aromatic heterocycles. The van der Waals surface area contributed by atoms with Crippen LogP contribution in [0.25, 0.3) is 10.8 Å². The molecular formula is C13H13NO3. The third-order valence-corrected chi connectivity index (χ3v) is 2.74. The van der Waals surface area contributed by atoms with Gasteiger partial charge in [0, 0.05) is 31.3 Å². The molecule has 4 nitrogen and oxygen atoms in total. The molecule has 0 aliphatic carbocycles. The van der Waals surface area contributed by atoms with E-state index in [4.69, 9.17) is 9.84 Å². The number of carboxylic acids is 1. The number of hydrogen-bond donors (Lipinski definition) is 1. The molecule has 4 heteroatoms. The zero-order valence-corrected chi connectivity index (χ0v) is 9.46. The topological polar surface area (TPSA) is 59.4 Å². The third kappa shape index (κ3) is 2.42. The van der Waals surface area contributed by atoms with E-state index in [2.05, 4.69) is 4.98 Å². The van der Waals surface area contributed by atoms with Gasteiger partial charge >= 0.3 is 5.97 Å². The third-order valence-electron chi connectivity index (χ3n) is 2.74. The Morgan fingerprint density at radius 3 is 3.00 bits per heavy atom. The quantitative estimate of drug-likeness (QED) is 0.872. The molecule has 1 atom stereocenters. The van der Waals surface area contributed by atoms with Crippen LogP contribution in [0.3, 0.4) is 0 Å². The van der Waals surface area contributed by atoms with Crippen LogP contribution in [0.2, 0.25) is 0 Å². The van der Waals surface area contributed by atoms with Gasteiger partial charge in [-0.2, -0.15) is 0 Å². The molecule has 1 heterocycles. The van der Waals surface area contributed by atoms with Gasteiger partial charge in [0.05, 0.1) is 0 Å². The van der Waals surface area contributed by atoms with E-state index in [0.717, 1.165) is 16.3 Å². The van der Waals surface area contributed by atoms with Crippen LogP contribution in [-0.2, 0) is 16.0 Å². The monoisotopic (exact) mass is 231 g/mol. The molecule has 17 heavy (non-hydrogen) atoms. The number of aromatic nitrogens is 1. The number of carbonyl (C=O) groups is 1. The summed E-state index contributed by atoms with van der Waals surface area (Å²) in [4.78, 5) is 15.0. The van der Waals surface area contributed by atoms with Gasteiger partial charge in [-0.1, -0.05) is 18.2 Å². The first-order chi connectivity index (χ1) is 8.22. The van der Waals surface area contributed by atoms with Crippen LogP contribution in [0.5, 0.6) is 0 Å². The van der Waals surface area contributed by atoms with Gasteiger partial charge in [-0.05, 0) is 17.0 Å². The van der Waals surface area contributed by atoms with Crippen molar-refractivity contribution in [2.45, 2.75) is 12.5 Å². The fourth-order valence-electron chi connectivity index (χ4n) is 1.84. The predicted octanol–water partition coefficient (Wildman–Crippen LogP) is 1.88. The average molecular weight is 231 g/mol. The summed E-state index contributed by atoms with van der Waals surface area (Å²) in [5.74, 6) is -0.946. The Morgan fingerprint density at radius 1 is 1.47 bits per heavy atom. The van der Waals surface area contributed by atoms with Gasteiger partial charge in [0.1, 0.15) is 0 Å². The number of pyridine rings is 1. The Kier molecular flexibility index (Phi) is 3.35. The summed E-state index contributed by atoms with van der Waals surface area (Å²) in [6, 6.07) is 7.65. The molecule has 88 valence electrons. The van der Waals surface area contributed by atoms with E-state index in [1.807, 2.05) is 24.3 Å². The number of nitrogens with zero attached hydrogens (tertiary/aromatic N) is 1. The second kappa shape index (κ2) is 4.93. The fraction of sp³-hybridized carbons (Fsp3) is 0.231. The van der Waals surface area contributed by atoms with Crippen LogP contribution < -0.4 is 0 Å². The average Bonchev–Trinajstić information content (AvgIpc) is 2.35. The van der Waals surface area contributed by atoms with E-state index in [1.165, 1.54) is 7.11 Å². The molecule has 0 spiro atoms. The highest BCUT2D eigenvalue weighted by Gasteiger charge is 2.17. The second-order valence-corrected chi connectivity index (χ2v) is 3.78. The van der Waals surface area contributed by atoms with Crippen molar-refractivity contribution in [3.63, 3.8) is 0 Å². The number of hydrogen-bond acceptors (Lipinski definition) is 3. The zero-order valence-electron chi connectivity index (χ0n) is 9.46. The Labute approximate surface area is 98.9 Å². The van der Waals surface area contributed by atoms with Gasteiger partial charge in [-0.3, -0.25) is 4.98 Å². The van der Waals surface area contributed by atoms with Crippen LogP contribution in [0, 0.1) is 0 Å². The van der Waals surface area contributed by atoms with Gasteiger partial charge in [0.2, 0.25) is 0 Å². The van der Waals surface area contributed by atoms with E-state index in [1.54, 1.807) is 12.4 Å². The first kappa shape index (κ1) is 11.5. The van der Waals surface area contributed by atoms with E-state index in [0.29, 0.717) is 6.42 Å². The summed E-state index contributed by atoms with van der Waals surface area (Å²) in [5, 5.41) is 11.0. The zero-order chi connectivity index (χ0) is 12.3. The Balaban J connectivity index is 2.38. The van der Waals surface area contributed by atoms with Crippen molar-refractivity contribution in [2.75, 3.05) is 7.11 Å². The van der Waals surface area contributed by atoms with Crippen LogP contribution in [0.15, 0.2) is 36.7 Å². The summed E-state index contributed by atoms with van der Waals surface area (Å²) in [7, 11) is 1.41. The number of rotatable bonds is 4. The highest BCUT2D eigenvalue weighted by molar-refractivity contribution is 5.85. The van der Waals surface area contributed by atoms with Gasteiger partial charge in [0.25, 0.3) is 0 Å². The van der Waals surface area contributed by atoms with Crippen molar-refractivity contribution in [1.82, 2.24) is 4.98 Å². The summed E-state index contributed by atoms with van der Waals surface area (Å²) in [6.45, 7) is 0. The summed E-state index contributed by atoms with van der Waals surface area (Å²) < 4.78 is 4.95. The van der Waals surface area contributed by atoms with Crippen molar-refractivity contribution in [1.29, 1.82) is 0 Å². The van der Waals surface area contributed by atoms with Crippen molar-refractivity contribution < 1.29 is 14.6 Å². The molecule has 0 saturated carbocycles. The number of benzene rings is 1. The maximum atomic E-state index is 10.9. The molecule has 0 saturated heterocycles. The lowest BCUT2D eigenvalue weighted by molar-refractivity contribution is -0.148. The lowest BCUT2D eigenvalue weighted by Gasteiger charge is -2.12. The molecule has 0 amide bonds. The minimum atomic E-state index is -0.946. The second-order valence-electron chi connectivity index (χ2n) is 3.78. The lowest BCUT2D eigenvalue weighted by Crippen LogP contribution is -2.24. The van der Waals surface area contributed by atoms with Gasteiger partial charge < -0.3 is 9.84 Å². The summed E-state index contributed by atoms with van der Waals surface area (Å²) in [6.07, 6.45) is 3.01. The minimum absolute atomic E-state index is 0.354. The molecule has 1 N–H and O–H groups in total. The van der Waals surface area contributed by atoms with E-state index in [9.17, 15) is 4.79 Å². The lowest BCUT2D eigenvalue weighted by atomic mass is 10.0. The van der Waals surface area contributed by atoms with Crippen LogP contribution in [0.1, 0.15) is 5.56 Å². The molecule has 2 aromatic rings. The Hall–Kier alpha value is -1.94. The fourth-order valence-corrected chi connectivity index (χ4v) is 1.84. The Bertz CT molecular complexity index is 534. The normalized spacial score (nSPS) is 12.5. The smallest absolute Gasteiger partial charge is 0.333 e. The van der Waals surface area contributed by atoms with Crippen LogP contribution >= 0.6 is 0 Å². The molecular weight excluding hydrogens is 218 g/mol. The molecule has 2 rings (SSSR count). The number of ether oxygens (including phenoxy) is 1. The molecule has 1 aromatic carbocycles. The van der Waals surface area contributed by atoms with E-state index in [-0.39, 0.29) is 0 Å². The maximum absolute atomic E-state index is 10.9. The molecule has 0 aliphatic heterocycles. The summed E-state index contributed by atoms with van der Waals surface area (Å²) >= 11 is 0. The highest BCUT2D eigenvalue weighted by atomic mass is 16.5. The molecule has 0 radical (unpaired) electrons. The molecule has 0 fully saturated rings. The van der Waals surface area contributed by atoms with E-state index >= 15 is 0 Å². The van der Waals surface area contributed by atoms with Crippen molar-refractivity contribution in [2.24, 2.45) is 0 Å².